The first kappa shape index (κ1) is 14.0. The van der Waals surface area contributed by atoms with Crippen LogP contribution in [-0.2, 0) is 4.79 Å². The van der Waals surface area contributed by atoms with Crippen molar-refractivity contribution < 1.29 is 14.4 Å². The van der Waals surface area contributed by atoms with E-state index in [1.165, 1.54) is 12.1 Å². The van der Waals surface area contributed by atoms with Gasteiger partial charge in [0.1, 0.15) is 5.82 Å². The standard InChI is InChI=1S/C12H16FN3O2/c1-3-7(2)12(17)15-10-5-4-8(6-9(10)13)11(14)16-18/h4-7,18H,3H2,1-2H3,(H2,14,16)(H,15,17). The number of benzene rings is 1. The van der Waals surface area contributed by atoms with Gasteiger partial charge in [-0.05, 0) is 24.6 Å². The summed E-state index contributed by atoms with van der Waals surface area (Å²) in [5.41, 5.74) is 5.66. The summed E-state index contributed by atoms with van der Waals surface area (Å²) >= 11 is 0. The fourth-order valence-corrected chi connectivity index (χ4v) is 1.27. The van der Waals surface area contributed by atoms with Gasteiger partial charge in [0.25, 0.3) is 0 Å². The number of nitrogens with two attached hydrogens (primary N) is 1. The summed E-state index contributed by atoms with van der Waals surface area (Å²) in [6.45, 7) is 3.64. The quantitative estimate of drug-likeness (QED) is 0.331. The lowest BCUT2D eigenvalue weighted by molar-refractivity contribution is -0.119. The predicted molar refractivity (Wildman–Crippen MR) is 67.0 cm³/mol. The zero-order chi connectivity index (χ0) is 13.7. The van der Waals surface area contributed by atoms with Crippen molar-refractivity contribution in [3.63, 3.8) is 0 Å². The molecule has 0 bridgehead atoms. The van der Waals surface area contributed by atoms with E-state index in [-0.39, 0.29) is 28.9 Å². The zero-order valence-electron chi connectivity index (χ0n) is 10.3. The third-order valence-corrected chi connectivity index (χ3v) is 2.69. The fraction of sp³-hybridized carbons (Fsp3) is 0.333. The van der Waals surface area contributed by atoms with Crippen molar-refractivity contribution in [3.05, 3.63) is 29.6 Å². The first-order valence-electron chi connectivity index (χ1n) is 5.57. The van der Waals surface area contributed by atoms with Crippen LogP contribution in [-0.4, -0.2) is 17.0 Å². The van der Waals surface area contributed by atoms with Crippen LogP contribution in [0.25, 0.3) is 0 Å². The third kappa shape index (κ3) is 3.19. The maximum absolute atomic E-state index is 13.7. The second kappa shape index (κ2) is 6.00. The van der Waals surface area contributed by atoms with Gasteiger partial charge in [0, 0.05) is 11.5 Å². The minimum Gasteiger partial charge on any atom is -0.409 e. The number of nitrogens with one attached hydrogen (secondary N) is 1. The lowest BCUT2D eigenvalue weighted by atomic mass is 10.1. The molecule has 0 saturated carbocycles. The summed E-state index contributed by atoms with van der Waals surface area (Å²) in [5.74, 6) is -1.24. The Morgan fingerprint density at radius 1 is 1.61 bits per heavy atom. The molecule has 0 aliphatic rings. The van der Waals surface area contributed by atoms with E-state index in [1.54, 1.807) is 6.92 Å². The second-order valence-electron chi connectivity index (χ2n) is 3.98. The van der Waals surface area contributed by atoms with Gasteiger partial charge in [0.15, 0.2) is 5.84 Å². The van der Waals surface area contributed by atoms with Crippen LogP contribution in [0.5, 0.6) is 0 Å². The van der Waals surface area contributed by atoms with Gasteiger partial charge in [-0.2, -0.15) is 0 Å². The monoisotopic (exact) mass is 253 g/mol. The SMILES string of the molecule is CCC(C)C(=O)Nc1ccc(/C(N)=N/O)cc1F. The molecule has 1 atom stereocenters. The Labute approximate surface area is 104 Å². The van der Waals surface area contributed by atoms with Crippen molar-refractivity contribution in [2.24, 2.45) is 16.8 Å². The molecule has 0 heterocycles. The van der Waals surface area contributed by atoms with E-state index < -0.39 is 5.82 Å². The van der Waals surface area contributed by atoms with Crippen molar-refractivity contribution >= 4 is 17.4 Å². The predicted octanol–water partition coefficient (Wildman–Crippen LogP) is 1.90. The normalized spacial score (nSPS) is 13.2. The first-order valence-corrected chi connectivity index (χ1v) is 5.57. The molecule has 1 aromatic rings. The summed E-state index contributed by atoms with van der Waals surface area (Å²) < 4.78 is 13.7. The number of carbonyl (C=O) groups excluding carboxylic acids is 1. The van der Waals surface area contributed by atoms with Crippen molar-refractivity contribution in [1.82, 2.24) is 0 Å². The Balaban J connectivity index is 2.90. The number of amidine groups is 1. The Hall–Kier alpha value is -2.11. The van der Waals surface area contributed by atoms with Gasteiger partial charge in [-0.3, -0.25) is 4.79 Å². The van der Waals surface area contributed by atoms with Crippen LogP contribution in [0.1, 0.15) is 25.8 Å². The largest absolute Gasteiger partial charge is 0.409 e. The van der Waals surface area contributed by atoms with Crippen molar-refractivity contribution in [3.8, 4) is 0 Å². The number of anilines is 1. The molecule has 98 valence electrons. The molecule has 4 N–H and O–H groups in total. The summed E-state index contributed by atoms with van der Waals surface area (Å²) in [6.07, 6.45) is 0.676. The number of carbonyl (C=O) groups is 1. The molecule has 1 rings (SSSR count). The fourth-order valence-electron chi connectivity index (χ4n) is 1.27. The maximum Gasteiger partial charge on any atom is 0.227 e. The van der Waals surface area contributed by atoms with Gasteiger partial charge in [0.2, 0.25) is 5.91 Å². The third-order valence-electron chi connectivity index (χ3n) is 2.69. The van der Waals surface area contributed by atoms with Gasteiger partial charge >= 0.3 is 0 Å². The second-order valence-corrected chi connectivity index (χ2v) is 3.98. The van der Waals surface area contributed by atoms with E-state index in [4.69, 9.17) is 10.9 Å². The summed E-state index contributed by atoms with van der Waals surface area (Å²) in [6, 6.07) is 3.94. The van der Waals surface area contributed by atoms with E-state index in [0.717, 1.165) is 6.07 Å². The highest BCUT2D eigenvalue weighted by Gasteiger charge is 2.13. The number of rotatable bonds is 4. The average molecular weight is 253 g/mol. The Kier molecular flexibility index (Phi) is 4.65. The number of halogens is 1. The highest BCUT2D eigenvalue weighted by Crippen LogP contribution is 2.17. The van der Waals surface area contributed by atoms with Gasteiger partial charge in [-0.25, -0.2) is 4.39 Å². The highest BCUT2D eigenvalue weighted by molar-refractivity contribution is 5.98. The Morgan fingerprint density at radius 3 is 2.78 bits per heavy atom. The van der Waals surface area contributed by atoms with Crippen LogP contribution < -0.4 is 11.1 Å². The lowest BCUT2D eigenvalue weighted by Crippen LogP contribution is -2.20. The van der Waals surface area contributed by atoms with Crippen LogP contribution in [0.2, 0.25) is 0 Å². The molecule has 5 nitrogen and oxygen atoms in total. The minimum atomic E-state index is -0.629. The average Bonchev–Trinajstić information content (AvgIpc) is 2.38. The van der Waals surface area contributed by atoms with Crippen LogP contribution in [0.15, 0.2) is 23.4 Å². The van der Waals surface area contributed by atoms with E-state index in [1.807, 2.05) is 6.92 Å². The van der Waals surface area contributed by atoms with Crippen LogP contribution in [0, 0.1) is 11.7 Å². The highest BCUT2D eigenvalue weighted by atomic mass is 19.1. The van der Waals surface area contributed by atoms with E-state index in [2.05, 4.69) is 10.5 Å². The topological polar surface area (TPSA) is 87.7 Å². The molecule has 1 amide bonds. The molecule has 18 heavy (non-hydrogen) atoms. The number of oxime groups is 1. The van der Waals surface area contributed by atoms with Crippen LogP contribution in [0.3, 0.4) is 0 Å². The molecule has 0 saturated heterocycles. The van der Waals surface area contributed by atoms with Crippen molar-refractivity contribution in [2.75, 3.05) is 5.32 Å². The first-order chi connectivity index (χ1) is 8.49. The number of nitrogens with zero attached hydrogens (tertiary/aromatic N) is 1. The van der Waals surface area contributed by atoms with Crippen molar-refractivity contribution in [1.29, 1.82) is 0 Å². The molecule has 1 aromatic carbocycles. The molecule has 0 aliphatic heterocycles. The molecule has 0 aromatic heterocycles. The lowest BCUT2D eigenvalue weighted by Gasteiger charge is -2.11. The molecule has 6 heteroatoms. The van der Waals surface area contributed by atoms with Gasteiger partial charge in [-0.1, -0.05) is 19.0 Å². The molecule has 0 fully saturated rings. The smallest absolute Gasteiger partial charge is 0.227 e. The number of amides is 1. The molecule has 1 unspecified atom stereocenters. The zero-order valence-corrected chi connectivity index (χ0v) is 10.3. The molecular weight excluding hydrogens is 237 g/mol. The number of hydrogen-bond donors (Lipinski definition) is 3. The molecule has 0 aliphatic carbocycles. The Bertz CT molecular complexity index is 474. The van der Waals surface area contributed by atoms with Gasteiger partial charge in [0.05, 0.1) is 5.69 Å². The molecule has 0 radical (unpaired) electrons. The van der Waals surface area contributed by atoms with Crippen molar-refractivity contribution in [2.45, 2.75) is 20.3 Å². The number of hydrogen-bond acceptors (Lipinski definition) is 3. The van der Waals surface area contributed by atoms with E-state index in [0.29, 0.717) is 6.42 Å². The summed E-state index contributed by atoms with van der Waals surface area (Å²) in [5, 5.41) is 13.7. The summed E-state index contributed by atoms with van der Waals surface area (Å²) in [7, 11) is 0. The van der Waals surface area contributed by atoms with E-state index >= 15 is 0 Å². The molecule has 0 spiro atoms. The van der Waals surface area contributed by atoms with Crippen LogP contribution >= 0.6 is 0 Å². The van der Waals surface area contributed by atoms with Crippen LogP contribution in [0.4, 0.5) is 10.1 Å². The summed E-state index contributed by atoms with van der Waals surface area (Å²) in [4.78, 5) is 11.6. The Morgan fingerprint density at radius 2 is 2.28 bits per heavy atom. The van der Waals surface area contributed by atoms with Gasteiger partial charge < -0.3 is 16.3 Å². The molecular formula is C12H16FN3O2. The van der Waals surface area contributed by atoms with Gasteiger partial charge in [-0.15, -0.1) is 0 Å². The maximum atomic E-state index is 13.7. The van der Waals surface area contributed by atoms with E-state index in [9.17, 15) is 9.18 Å². The minimum absolute atomic E-state index is 0.0785.